The Morgan fingerprint density at radius 1 is 1.40 bits per heavy atom. The van der Waals surface area contributed by atoms with Gasteiger partial charge in [0, 0.05) is 38.1 Å². The van der Waals surface area contributed by atoms with Crippen LogP contribution in [0.15, 0.2) is 27.8 Å². The van der Waals surface area contributed by atoms with Gasteiger partial charge in [0.25, 0.3) is 17.4 Å². The molecule has 4 heterocycles. The van der Waals surface area contributed by atoms with Gasteiger partial charge in [-0.25, -0.2) is 9.78 Å². The minimum atomic E-state index is -0.824. The first kappa shape index (κ1) is 20.2. The van der Waals surface area contributed by atoms with Crippen LogP contribution in [0.5, 0.6) is 5.75 Å². The summed E-state index contributed by atoms with van der Waals surface area (Å²) in [6.07, 6.45) is -0.196. The highest BCUT2D eigenvalue weighted by Crippen LogP contribution is 2.26. The smallest absolute Gasteiger partial charge is 0.328 e. The summed E-state index contributed by atoms with van der Waals surface area (Å²) < 4.78 is 21.4. The van der Waals surface area contributed by atoms with Gasteiger partial charge in [0.1, 0.15) is 16.5 Å². The zero-order valence-corrected chi connectivity index (χ0v) is 17.2. The lowest BCUT2D eigenvalue weighted by atomic mass is 10.1. The van der Waals surface area contributed by atoms with Gasteiger partial charge in [0.15, 0.2) is 5.75 Å². The minimum absolute atomic E-state index is 0.00635. The molecule has 3 aromatic rings. The number of carbonyl (C=O) groups is 1. The number of thiophene rings is 1. The van der Waals surface area contributed by atoms with E-state index in [9.17, 15) is 18.8 Å². The van der Waals surface area contributed by atoms with E-state index in [-0.39, 0.29) is 23.1 Å². The molecule has 1 amide bonds. The van der Waals surface area contributed by atoms with E-state index >= 15 is 0 Å². The van der Waals surface area contributed by atoms with E-state index in [2.05, 4.69) is 20.2 Å². The zero-order chi connectivity index (χ0) is 21.4. The van der Waals surface area contributed by atoms with Gasteiger partial charge < -0.3 is 15.0 Å². The first-order valence-corrected chi connectivity index (χ1v) is 10.2. The number of pyridine rings is 1. The first-order chi connectivity index (χ1) is 14.4. The average Bonchev–Trinajstić information content (AvgIpc) is 3.09. The standard InChI is InChI=1S/C19H20FN5O4S/c1-3-25-18(27)15-13(23-19(25)28)6-11(30-15)9-24-7-10(8-24)29-14-5-4-12(17(26)21-2)22-16(14)20/h4-6,10H,3,7-9H2,1-2H3,(H,21,26)(H,23,28). The largest absolute Gasteiger partial charge is 0.483 e. The van der Waals surface area contributed by atoms with Crippen LogP contribution in [0.25, 0.3) is 10.2 Å². The van der Waals surface area contributed by atoms with E-state index in [1.165, 1.54) is 35.1 Å². The molecule has 0 aliphatic carbocycles. The monoisotopic (exact) mass is 433 g/mol. The molecule has 4 rings (SSSR count). The van der Waals surface area contributed by atoms with Crippen LogP contribution in [0.1, 0.15) is 22.3 Å². The Hall–Kier alpha value is -3.05. The molecule has 1 saturated heterocycles. The Morgan fingerprint density at radius 2 is 2.17 bits per heavy atom. The topological polar surface area (TPSA) is 109 Å². The summed E-state index contributed by atoms with van der Waals surface area (Å²) in [5, 5.41) is 2.39. The highest BCUT2D eigenvalue weighted by molar-refractivity contribution is 7.18. The third-order valence-electron chi connectivity index (χ3n) is 4.90. The summed E-state index contributed by atoms with van der Waals surface area (Å²) in [5.41, 5.74) is -0.148. The summed E-state index contributed by atoms with van der Waals surface area (Å²) in [6, 6.07) is 4.63. The zero-order valence-electron chi connectivity index (χ0n) is 16.4. The highest BCUT2D eigenvalue weighted by Gasteiger charge is 2.30. The van der Waals surface area contributed by atoms with Crippen molar-refractivity contribution < 1.29 is 13.9 Å². The summed E-state index contributed by atoms with van der Waals surface area (Å²) in [5.74, 6) is -1.28. The molecule has 0 saturated carbocycles. The Balaban J connectivity index is 1.39. The predicted octanol–water partition coefficient (Wildman–Crippen LogP) is 0.928. The van der Waals surface area contributed by atoms with Crippen molar-refractivity contribution in [2.24, 2.45) is 0 Å². The molecule has 11 heteroatoms. The quantitative estimate of drug-likeness (QED) is 0.560. The summed E-state index contributed by atoms with van der Waals surface area (Å²) >= 11 is 1.36. The maximum absolute atomic E-state index is 14.1. The fourth-order valence-electron chi connectivity index (χ4n) is 3.35. The fourth-order valence-corrected chi connectivity index (χ4v) is 4.45. The molecule has 0 spiro atoms. The third kappa shape index (κ3) is 3.73. The second-order valence-corrected chi connectivity index (χ2v) is 8.07. The van der Waals surface area contributed by atoms with Crippen LogP contribution < -0.4 is 21.3 Å². The van der Waals surface area contributed by atoms with Crippen LogP contribution >= 0.6 is 11.3 Å². The molecule has 30 heavy (non-hydrogen) atoms. The maximum atomic E-state index is 14.1. The molecule has 0 atom stereocenters. The molecule has 2 N–H and O–H groups in total. The number of H-pyrrole nitrogens is 1. The number of ether oxygens (including phenoxy) is 1. The van der Waals surface area contributed by atoms with Crippen LogP contribution in [-0.2, 0) is 13.1 Å². The Kier molecular flexibility index (Phi) is 5.39. The molecule has 1 aliphatic heterocycles. The lowest BCUT2D eigenvalue weighted by molar-refractivity contribution is 0.0124. The van der Waals surface area contributed by atoms with Gasteiger partial charge in [-0.2, -0.15) is 4.39 Å². The number of aromatic amines is 1. The van der Waals surface area contributed by atoms with Crippen molar-refractivity contribution in [2.75, 3.05) is 20.1 Å². The van der Waals surface area contributed by atoms with Crippen LogP contribution in [-0.4, -0.2) is 51.6 Å². The van der Waals surface area contributed by atoms with Crippen LogP contribution in [0.2, 0.25) is 0 Å². The van der Waals surface area contributed by atoms with E-state index in [0.717, 1.165) is 4.88 Å². The minimum Gasteiger partial charge on any atom is -0.483 e. The second-order valence-electron chi connectivity index (χ2n) is 6.93. The predicted molar refractivity (Wildman–Crippen MR) is 110 cm³/mol. The second kappa shape index (κ2) is 8.00. The lowest BCUT2D eigenvalue weighted by Gasteiger charge is -2.38. The number of fused-ring (bicyclic) bond motifs is 1. The number of likely N-dealkylation sites (tertiary alicyclic amines) is 1. The van der Waals surface area contributed by atoms with Crippen molar-refractivity contribution in [3.05, 3.63) is 55.6 Å². The van der Waals surface area contributed by atoms with Gasteiger partial charge in [-0.15, -0.1) is 11.3 Å². The number of nitrogens with one attached hydrogen (secondary N) is 2. The molecule has 0 radical (unpaired) electrons. The summed E-state index contributed by atoms with van der Waals surface area (Å²) in [6.45, 7) is 3.84. The van der Waals surface area contributed by atoms with Gasteiger partial charge in [0.05, 0.1) is 5.52 Å². The van der Waals surface area contributed by atoms with E-state index in [1.807, 2.05) is 6.07 Å². The number of rotatable bonds is 6. The average molecular weight is 433 g/mol. The van der Waals surface area contributed by atoms with Crippen molar-refractivity contribution in [1.82, 2.24) is 24.8 Å². The summed E-state index contributed by atoms with van der Waals surface area (Å²) in [7, 11) is 1.45. The maximum Gasteiger partial charge on any atom is 0.328 e. The first-order valence-electron chi connectivity index (χ1n) is 9.42. The van der Waals surface area contributed by atoms with Crippen LogP contribution in [0, 0.1) is 5.95 Å². The molecule has 0 aromatic carbocycles. The number of hydrogen-bond donors (Lipinski definition) is 2. The van der Waals surface area contributed by atoms with E-state index < -0.39 is 17.5 Å². The van der Waals surface area contributed by atoms with Gasteiger partial charge in [0.2, 0.25) is 0 Å². The van der Waals surface area contributed by atoms with Gasteiger partial charge in [-0.1, -0.05) is 0 Å². The fraction of sp³-hybridized carbons (Fsp3) is 0.368. The number of amides is 1. The lowest BCUT2D eigenvalue weighted by Crippen LogP contribution is -2.53. The van der Waals surface area contributed by atoms with Crippen LogP contribution in [0.3, 0.4) is 0 Å². The molecule has 1 aliphatic rings. The molecular formula is C19H20FN5O4S. The van der Waals surface area contributed by atoms with Crippen molar-refractivity contribution in [2.45, 2.75) is 26.1 Å². The van der Waals surface area contributed by atoms with Crippen molar-refractivity contribution >= 4 is 27.5 Å². The SMILES string of the molecule is CCn1c(=O)[nH]c2cc(CN3CC(Oc4ccc(C(=O)NC)nc4F)C3)sc2c1=O. The Bertz CT molecular complexity index is 1230. The highest BCUT2D eigenvalue weighted by atomic mass is 32.1. The Labute approximate surface area is 174 Å². The van der Waals surface area contributed by atoms with Crippen molar-refractivity contribution in [3.63, 3.8) is 0 Å². The van der Waals surface area contributed by atoms with E-state index in [4.69, 9.17) is 4.74 Å². The number of carbonyl (C=O) groups excluding carboxylic acids is 1. The number of hydrogen-bond acceptors (Lipinski definition) is 7. The molecule has 9 nitrogen and oxygen atoms in total. The number of aromatic nitrogens is 3. The van der Waals surface area contributed by atoms with Crippen molar-refractivity contribution in [3.8, 4) is 5.75 Å². The molecule has 1 fully saturated rings. The molecular weight excluding hydrogens is 413 g/mol. The van der Waals surface area contributed by atoms with E-state index in [1.54, 1.807) is 6.92 Å². The van der Waals surface area contributed by atoms with Crippen LogP contribution in [0.4, 0.5) is 4.39 Å². The normalized spacial score (nSPS) is 14.6. The van der Waals surface area contributed by atoms with Gasteiger partial charge in [-0.05, 0) is 25.1 Å². The molecule has 0 bridgehead atoms. The molecule has 3 aromatic heterocycles. The van der Waals surface area contributed by atoms with Crippen molar-refractivity contribution in [1.29, 1.82) is 0 Å². The molecule has 0 unspecified atom stereocenters. The Morgan fingerprint density at radius 3 is 2.83 bits per heavy atom. The summed E-state index contributed by atoms with van der Waals surface area (Å²) in [4.78, 5) is 45.2. The van der Waals surface area contributed by atoms with Gasteiger partial charge in [-0.3, -0.25) is 19.1 Å². The third-order valence-corrected chi connectivity index (χ3v) is 6.00. The number of nitrogens with zero attached hydrogens (tertiary/aromatic N) is 3. The molecule has 158 valence electrons. The van der Waals surface area contributed by atoms with E-state index in [0.29, 0.717) is 36.4 Å². The van der Waals surface area contributed by atoms with Gasteiger partial charge >= 0.3 is 5.69 Å². The number of halogens is 1.